The van der Waals surface area contributed by atoms with E-state index in [1.165, 1.54) is 18.2 Å². The summed E-state index contributed by atoms with van der Waals surface area (Å²) in [6.45, 7) is 4.23. The maximum absolute atomic E-state index is 12.5. The number of rotatable bonds is 4. The fraction of sp³-hybridized carbons (Fsp3) is 0.471. The molecule has 0 saturated carbocycles. The number of amides is 1. The molecule has 24 heavy (non-hydrogen) atoms. The number of halogens is 1. The Hall–Kier alpha value is -1.53. The van der Waals surface area contributed by atoms with Gasteiger partial charge in [-0.2, -0.15) is 0 Å². The molecule has 0 N–H and O–H groups in total. The van der Waals surface area contributed by atoms with E-state index in [0.717, 1.165) is 18.4 Å². The molecule has 1 aromatic heterocycles. The number of piperidine rings is 1. The van der Waals surface area contributed by atoms with Crippen LogP contribution in [0.5, 0.6) is 0 Å². The van der Waals surface area contributed by atoms with E-state index in [9.17, 15) is 4.79 Å². The molecule has 7 heteroatoms. The minimum atomic E-state index is 0.131. The Bertz CT molecular complexity index is 694. The van der Waals surface area contributed by atoms with Crippen molar-refractivity contribution in [2.24, 2.45) is 0 Å². The highest BCUT2D eigenvalue weighted by molar-refractivity contribution is 7.99. The monoisotopic (exact) mass is 365 g/mol. The average Bonchev–Trinajstić information content (AvgIpc) is 3.02. The Morgan fingerprint density at radius 1 is 1.25 bits per heavy atom. The molecule has 1 aromatic carbocycles. The first-order chi connectivity index (χ1) is 11.5. The van der Waals surface area contributed by atoms with Crippen molar-refractivity contribution in [2.45, 2.75) is 50.4 Å². The molecular formula is C17H20ClN3O2S. The molecule has 2 unspecified atom stereocenters. The van der Waals surface area contributed by atoms with Gasteiger partial charge in [-0.15, -0.1) is 10.2 Å². The van der Waals surface area contributed by atoms with Crippen LogP contribution in [0, 0.1) is 0 Å². The van der Waals surface area contributed by atoms with Gasteiger partial charge in [0.25, 0.3) is 5.22 Å². The molecule has 1 fully saturated rings. The largest absolute Gasteiger partial charge is 0.411 e. The van der Waals surface area contributed by atoms with Crippen molar-refractivity contribution in [3.8, 4) is 11.5 Å². The number of hydrogen-bond acceptors (Lipinski definition) is 5. The van der Waals surface area contributed by atoms with Crippen LogP contribution in [0.25, 0.3) is 11.5 Å². The van der Waals surface area contributed by atoms with E-state index in [0.29, 0.717) is 34.0 Å². The van der Waals surface area contributed by atoms with E-state index < -0.39 is 0 Å². The van der Waals surface area contributed by atoms with Crippen molar-refractivity contribution in [3.63, 3.8) is 0 Å². The minimum Gasteiger partial charge on any atom is -0.411 e. The number of carbonyl (C=O) groups is 1. The molecule has 0 aliphatic carbocycles. The van der Waals surface area contributed by atoms with E-state index >= 15 is 0 Å². The Kier molecular flexibility index (Phi) is 5.46. The van der Waals surface area contributed by atoms with Gasteiger partial charge in [0.2, 0.25) is 11.8 Å². The van der Waals surface area contributed by atoms with Gasteiger partial charge in [-0.1, -0.05) is 23.4 Å². The van der Waals surface area contributed by atoms with Crippen molar-refractivity contribution >= 4 is 29.3 Å². The highest BCUT2D eigenvalue weighted by atomic mass is 35.5. The van der Waals surface area contributed by atoms with E-state index in [2.05, 4.69) is 24.0 Å². The van der Waals surface area contributed by atoms with E-state index in [4.69, 9.17) is 16.0 Å². The zero-order chi connectivity index (χ0) is 17.1. The van der Waals surface area contributed by atoms with Crippen LogP contribution in [-0.2, 0) is 4.79 Å². The number of likely N-dealkylation sites (tertiary alicyclic amines) is 1. The standard InChI is InChI=1S/C17H20ClN3O2S/c1-11-4-3-5-12(2)21(11)15(22)10-24-17-20-19-16(23-17)13-6-8-14(18)9-7-13/h6-9,11-12H,3-5,10H2,1-2H3. The topological polar surface area (TPSA) is 59.2 Å². The highest BCUT2D eigenvalue weighted by Crippen LogP contribution is 2.27. The molecule has 2 heterocycles. The zero-order valence-electron chi connectivity index (χ0n) is 13.7. The Morgan fingerprint density at radius 3 is 2.58 bits per heavy atom. The van der Waals surface area contributed by atoms with Gasteiger partial charge in [0.05, 0.1) is 5.75 Å². The molecule has 0 radical (unpaired) electrons. The van der Waals surface area contributed by atoms with Crippen molar-refractivity contribution in [1.82, 2.24) is 15.1 Å². The zero-order valence-corrected chi connectivity index (χ0v) is 15.3. The van der Waals surface area contributed by atoms with Crippen LogP contribution in [0.2, 0.25) is 5.02 Å². The Labute approximate surface area is 150 Å². The Balaban J connectivity index is 1.61. The molecule has 5 nitrogen and oxygen atoms in total. The fourth-order valence-corrected chi connectivity index (χ4v) is 3.85. The van der Waals surface area contributed by atoms with Gasteiger partial charge >= 0.3 is 0 Å². The molecule has 1 saturated heterocycles. The van der Waals surface area contributed by atoms with Gasteiger partial charge in [-0.3, -0.25) is 4.79 Å². The van der Waals surface area contributed by atoms with Crippen molar-refractivity contribution in [3.05, 3.63) is 29.3 Å². The summed E-state index contributed by atoms with van der Waals surface area (Å²) in [5.41, 5.74) is 0.809. The van der Waals surface area contributed by atoms with E-state index in [1.807, 2.05) is 17.0 Å². The summed E-state index contributed by atoms with van der Waals surface area (Å²) in [7, 11) is 0. The predicted octanol–water partition coefficient (Wildman–Crippen LogP) is 4.27. The predicted molar refractivity (Wildman–Crippen MR) is 95.1 cm³/mol. The number of benzene rings is 1. The third kappa shape index (κ3) is 3.92. The van der Waals surface area contributed by atoms with Crippen LogP contribution in [-0.4, -0.2) is 38.8 Å². The molecule has 128 valence electrons. The van der Waals surface area contributed by atoms with Crippen LogP contribution in [0.3, 0.4) is 0 Å². The van der Waals surface area contributed by atoms with Crippen LogP contribution < -0.4 is 0 Å². The van der Waals surface area contributed by atoms with E-state index in [-0.39, 0.29) is 5.91 Å². The first kappa shape index (κ1) is 17.3. The lowest BCUT2D eigenvalue weighted by atomic mass is 9.98. The smallest absolute Gasteiger partial charge is 0.277 e. The highest BCUT2D eigenvalue weighted by Gasteiger charge is 2.29. The quantitative estimate of drug-likeness (QED) is 0.757. The number of thioether (sulfide) groups is 1. The van der Waals surface area contributed by atoms with Gasteiger partial charge in [-0.25, -0.2) is 0 Å². The number of hydrogen-bond donors (Lipinski definition) is 0. The fourth-order valence-electron chi connectivity index (χ4n) is 3.09. The second kappa shape index (κ2) is 7.57. The van der Waals surface area contributed by atoms with E-state index in [1.54, 1.807) is 12.1 Å². The molecule has 0 bridgehead atoms. The SMILES string of the molecule is CC1CCCC(C)N1C(=O)CSc1nnc(-c2ccc(Cl)cc2)o1. The molecule has 2 atom stereocenters. The number of aromatic nitrogens is 2. The summed E-state index contributed by atoms with van der Waals surface area (Å²) < 4.78 is 5.63. The number of nitrogens with zero attached hydrogens (tertiary/aromatic N) is 3. The average molecular weight is 366 g/mol. The number of carbonyl (C=O) groups excluding carboxylic acids is 1. The summed E-state index contributed by atoms with van der Waals surface area (Å²) in [5.74, 6) is 0.879. The lowest BCUT2D eigenvalue weighted by Gasteiger charge is -2.39. The second-order valence-corrected chi connectivity index (χ2v) is 7.46. The molecule has 2 aromatic rings. The van der Waals surface area contributed by atoms with Gasteiger partial charge in [-0.05, 0) is 57.4 Å². The molecular weight excluding hydrogens is 346 g/mol. The van der Waals surface area contributed by atoms with Crippen LogP contribution >= 0.6 is 23.4 Å². The third-order valence-electron chi connectivity index (χ3n) is 4.30. The lowest BCUT2D eigenvalue weighted by molar-refractivity contribution is -0.134. The first-order valence-electron chi connectivity index (χ1n) is 8.08. The van der Waals surface area contributed by atoms with Crippen molar-refractivity contribution in [2.75, 3.05) is 5.75 Å². The first-order valence-corrected chi connectivity index (χ1v) is 9.44. The lowest BCUT2D eigenvalue weighted by Crippen LogP contribution is -2.48. The summed E-state index contributed by atoms with van der Waals surface area (Å²) in [5, 5.41) is 9.11. The molecule has 3 rings (SSSR count). The van der Waals surface area contributed by atoms with Crippen molar-refractivity contribution in [1.29, 1.82) is 0 Å². The summed E-state index contributed by atoms with van der Waals surface area (Å²) >= 11 is 7.16. The summed E-state index contributed by atoms with van der Waals surface area (Å²) in [6, 6.07) is 7.80. The maximum atomic E-state index is 12.5. The maximum Gasteiger partial charge on any atom is 0.277 e. The van der Waals surface area contributed by atoms with Gasteiger partial charge in [0.15, 0.2) is 0 Å². The summed E-state index contributed by atoms with van der Waals surface area (Å²) in [4.78, 5) is 14.5. The minimum absolute atomic E-state index is 0.131. The normalized spacial score (nSPS) is 21.0. The van der Waals surface area contributed by atoms with Crippen molar-refractivity contribution < 1.29 is 9.21 Å². The second-order valence-electron chi connectivity index (χ2n) is 6.10. The molecule has 1 aliphatic rings. The molecule has 1 amide bonds. The Morgan fingerprint density at radius 2 is 1.92 bits per heavy atom. The summed E-state index contributed by atoms with van der Waals surface area (Å²) in [6.07, 6.45) is 3.33. The third-order valence-corrected chi connectivity index (χ3v) is 5.35. The van der Waals surface area contributed by atoms with Crippen LogP contribution in [0.4, 0.5) is 0 Å². The molecule has 0 spiro atoms. The van der Waals surface area contributed by atoms with Gasteiger partial charge < -0.3 is 9.32 Å². The van der Waals surface area contributed by atoms with Gasteiger partial charge in [0, 0.05) is 22.7 Å². The van der Waals surface area contributed by atoms with Crippen LogP contribution in [0.15, 0.2) is 33.9 Å². The molecule has 1 aliphatic heterocycles. The van der Waals surface area contributed by atoms with Gasteiger partial charge in [0.1, 0.15) is 0 Å². The van der Waals surface area contributed by atoms with Crippen LogP contribution in [0.1, 0.15) is 33.1 Å².